The molecule has 4 nitrogen and oxygen atoms in total. The monoisotopic (exact) mass is 285 g/mol. The van der Waals surface area contributed by atoms with Gasteiger partial charge >= 0.3 is 0 Å². The van der Waals surface area contributed by atoms with Gasteiger partial charge < -0.3 is 10.1 Å². The topological polar surface area (TPSA) is 47.0 Å². The van der Waals surface area contributed by atoms with Gasteiger partial charge in [-0.15, -0.1) is 0 Å². The highest BCUT2D eigenvalue weighted by molar-refractivity contribution is 6.29. The summed E-state index contributed by atoms with van der Waals surface area (Å²) in [7, 11) is 0. The lowest BCUT2D eigenvalue weighted by Crippen LogP contribution is -2.33. The summed E-state index contributed by atoms with van der Waals surface area (Å²) in [4.78, 5) is 8.77. The molecule has 5 heteroatoms. The van der Waals surface area contributed by atoms with Gasteiger partial charge in [-0.05, 0) is 20.8 Å². The van der Waals surface area contributed by atoms with E-state index >= 15 is 0 Å². The van der Waals surface area contributed by atoms with Crippen LogP contribution in [0, 0.1) is 0 Å². The van der Waals surface area contributed by atoms with Crippen molar-refractivity contribution in [3.63, 3.8) is 0 Å². The molecule has 0 amide bonds. The van der Waals surface area contributed by atoms with E-state index in [9.17, 15) is 0 Å². The molecule has 1 heterocycles. The van der Waals surface area contributed by atoms with E-state index in [1.807, 2.05) is 20.8 Å². The Bertz CT molecular complexity index is 427. The number of anilines is 1. The van der Waals surface area contributed by atoms with Crippen molar-refractivity contribution in [1.82, 2.24) is 9.97 Å². The summed E-state index contributed by atoms with van der Waals surface area (Å²) in [5, 5.41) is 3.72. The zero-order valence-corrected chi connectivity index (χ0v) is 13.4. The van der Waals surface area contributed by atoms with E-state index < -0.39 is 0 Å². The maximum absolute atomic E-state index is 6.04. The van der Waals surface area contributed by atoms with E-state index in [0.717, 1.165) is 11.6 Å². The second kappa shape index (κ2) is 6.06. The first kappa shape index (κ1) is 16.2. The molecule has 19 heavy (non-hydrogen) atoms. The summed E-state index contributed by atoms with van der Waals surface area (Å²) in [6, 6.07) is 1.73. The number of hydrogen-bond donors (Lipinski definition) is 1. The second-order valence-electron chi connectivity index (χ2n) is 6.20. The Morgan fingerprint density at radius 1 is 1.21 bits per heavy atom. The fourth-order valence-corrected chi connectivity index (χ4v) is 1.77. The normalized spacial score (nSPS) is 12.6. The van der Waals surface area contributed by atoms with Gasteiger partial charge in [-0.25, -0.2) is 9.97 Å². The summed E-state index contributed by atoms with van der Waals surface area (Å²) >= 11 is 6.04. The van der Waals surface area contributed by atoms with Crippen LogP contribution in [0.2, 0.25) is 5.15 Å². The number of aromatic nitrogens is 2. The Balaban J connectivity index is 2.82. The molecule has 0 aliphatic heterocycles. The Morgan fingerprint density at radius 3 is 2.37 bits per heavy atom. The largest absolute Gasteiger partial charge is 0.374 e. The van der Waals surface area contributed by atoms with Gasteiger partial charge in [0.2, 0.25) is 0 Å². The molecule has 1 aromatic rings. The molecule has 0 atom stereocenters. The molecule has 0 bridgehead atoms. The molecule has 0 fully saturated rings. The van der Waals surface area contributed by atoms with Gasteiger partial charge in [0.15, 0.2) is 0 Å². The Hall–Kier alpha value is -0.870. The highest BCUT2D eigenvalue weighted by Crippen LogP contribution is 2.22. The van der Waals surface area contributed by atoms with Crippen LogP contribution in [-0.2, 0) is 10.2 Å². The van der Waals surface area contributed by atoms with E-state index in [-0.39, 0.29) is 11.0 Å². The summed E-state index contributed by atoms with van der Waals surface area (Å²) in [6.45, 7) is 13.6. The van der Waals surface area contributed by atoms with Gasteiger partial charge in [0.1, 0.15) is 16.8 Å². The minimum Gasteiger partial charge on any atom is -0.374 e. The van der Waals surface area contributed by atoms with Crippen molar-refractivity contribution >= 4 is 17.4 Å². The van der Waals surface area contributed by atoms with E-state index in [0.29, 0.717) is 18.3 Å². The molecule has 0 saturated carbocycles. The van der Waals surface area contributed by atoms with Crippen LogP contribution in [0.4, 0.5) is 5.82 Å². The van der Waals surface area contributed by atoms with Crippen molar-refractivity contribution in [2.24, 2.45) is 0 Å². The van der Waals surface area contributed by atoms with Crippen molar-refractivity contribution in [3.8, 4) is 0 Å². The number of ether oxygens (including phenoxy) is 1. The molecule has 0 radical (unpaired) electrons. The standard InChI is InChI=1S/C14H24ClN3O/c1-7-19-14(5,6)9-16-11-8-10(15)17-12(18-11)13(2,3)4/h8H,7,9H2,1-6H3,(H,16,17,18). The fraction of sp³-hybridized carbons (Fsp3) is 0.714. The third-order valence-electron chi connectivity index (χ3n) is 2.60. The maximum Gasteiger partial charge on any atom is 0.137 e. The van der Waals surface area contributed by atoms with Crippen molar-refractivity contribution in [2.75, 3.05) is 18.5 Å². The predicted octanol–water partition coefficient (Wildman–Crippen LogP) is 3.65. The molecule has 1 rings (SSSR count). The van der Waals surface area contributed by atoms with Crippen molar-refractivity contribution in [2.45, 2.75) is 52.6 Å². The number of hydrogen-bond acceptors (Lipinski definition) is 4. The van der Waals surface area contributed by atoms with Crippen LogP contribution < -0.4 is 5.32 Å². The highest BCUT2D eigenvalue weighted by atomic mass is 35.5. The minimum absolute atomic E-state index is 0.128. The van der Waals surface area contributed by atoms with Crippen molar-refractivity contribution in [1.29, 1.82) is 0 Å². The van der Waals surface area contributed by atoms with Crippen LogP contribution in [0.25, 0.3) is 0 Å². The Morgan fingerprint density at radius 2 is 1.84 bits per heavy atom. The first-order chi connectivity index (χ1) is 8.64. The molecule has 0 spiro atoms. The number of halogens is 1. The van der Waals surface area contributed by atoms with E-state index in [1.165, 1.54) is 0 Å². The van der Waals surface area contributed by atoms with Crippen LogP contribution in [0.3, 0.4) is 0 Å². The second-order valence-corrected chi connectivity index (χ2v) is 6.58. The van der Waals surface area contributed by atoms with Crippen molar-refractivity contribution < 1.29 is 4.74 Å². The first-order valence-electron chi connectivity index (χ1n) is 6.57. The van der Waals surface area contributed by atoms with E-state index in [2.05, 4.69) is 36.1 Å². The highest BCUT2D eigenvalue weighted by Gasteiger charge is 2.21. The van der Waals surface area contributed by atoms with Crippen molar-refractivity contribution in [3.05, 3.63) is 17.0 Å². The third-order valence-corrected chi connectivity index (χ3v) is 2.79. The molecule has 1 N–H and O–H groups in total. The summed E-state index contributed by atoms with van der Waals surface area (Å²) in [5.74, 6) is 1.47. The van der Waals surface area contributed by atoms with Crippen LogP contribution in [0.15, 0.2) is 6.07 Å². The lowest BCUT2D eigenvalue weighted by molar-refractivity contribution is 0.000636. The zero-order chi connectivity index (χ0) is 14.7. The SMILES string of the molecule is CCOC(C)(C)CNc1cc(Cl)nc(C(C)(C)C)n1. The molecule has 0 aliphatic rings. The molecule has 0 saturated heterocycles. The smallest absolute Gasteiger partial charge is 0.137 e. The molecule has 0 unspecified atom stereocenters. The average Bonchev–Trinajstić information content (AvgIpc) is 2.24. The van der Waals surface area contributed by atoms with Gasteiger partial charge in [-0.2, -0.15) is 0 Å². The van der Waals surface area contributed by atoms with Gasteiger partial charge in [-0.1, -0.05) is 32.4 Å². The fourth-order valence-electron chi connectivity index (χ4n) is 1.59. The average molecular weight is 286 g/mol. The zero-order valence-electron chi connectivity index (χ0n) is 12.7. The van der Waals surface area contributed by atoms with Crippen LogP contribution in [0.5, 0.6) is 0 Å². The maximum atomic E-state index is 6.04. The molecule has 1 aromatic heterocycles. The molecule has 0 aromatic carbocycles. The van der Waals surface area contributed by atoms with Gasteiger partial charge in [0.25, 0.3) is 0 Å². The van der Waals surface area contributed by atoms with Gasteiger partial charge in [0.05, 0.1) is 5.60 Å². The Labute approximate surface area is 120 Å². The van der Waals surface area contributed by atoms with Crippen LogP contribution in [-0.4, -0.2) is 28.7 Å². The third kappa shape index (κ3) is 5.33. The quantitative estimate of drug-likeness (QED) is 0.839. The summed E-state index contributed by atoms with van der Waals surface area (Å²) in [5.41, 5.74) is -0.370. The Kier molecular flexibility index (Phi) is 5.16. The predicted molar refractivity (Wildman–Crippen MR) is 79.9 cm³/mol. The summed E-state index contributed by atoms with van der Waals surface area (Å²) < 4.78 is 5.64. The van der Waals surface area contributed by atoms with E-state index in [1.54, 1.807) is 6.07 Å². The summed E-state index contributed by atoms with van der Waals surface area (Å²) in [6.07, 6.45) is 0. The molecule has 0 aliphatic carbocycles. The van der Waals surface area contributed by atoms with Gasteiger partial charge in [0, 0.05) is 24.6 Å². The minimum atomic E-state index is -0.242. The van der Waals surface area contributed by atoms with Gasteiger partial charge in [-0.3, -0.25) is 0 Å². The molecule has 108 valence electrons. The lowest BCUT2D eigenvalue weighted by Gasteiger charge is -2.25. The lowest BCUT2D eigenvalue weighted by atomic mass is 9.96. The molecular formula is C14H24ClN3O. The molecular weight excluding hydrogens is 262 g/mol. The first-order valence-corrected chi connectivity index (χ1v) is 6.95. The number of nitrogens with zero attached hydrogens (tertiary/aromatic N) is 2. The van der Waals surface area contributed by atoms with Crippen LogP contribution in [0.1, 0.15) is 47.4 Å². The number of rotatable bonds is 5. The number of nitrogens with one attached hydrogen (secondary N) is 1. The van der Waals surface area contributed by atoms with E-state index in [4.69, 9.17) is 16.3 Å². The van der Waals surface area contributed by atoms with Crippen LogP contribution >= 0.6 is 11.6 Å².